The maximum absolute atomic E-state index is 11.5. The zero-order valence-electron chi connectivity index (χ0n) is 8.91. The third-order valence-electron chi connectivity index (χ3n) is 2.93. The first-order valence-electron chi connectivity index (χ1n) is 5.43. The van der Waals surface area contributed by atoms with Crippen LogP contribution in [0.1, 0.15) is 24.5 Å². The Hall–Kier alpha value is -1.19. The van der Waals surface area contributed by atoms with Gasteiger partial charge in [0.05, 0.1) is 15.7 Å². The van der Waals surface area contributed by atoms with Crippen molar-refractivity contribution in [3.8, 4) is 5.69 Å². The first-order valence-corrected chi connectivity index (χ1v) is 6.19. The number of nitrogens with zero attached hydrogens (tertiary/aromatic N) is 1. The number of halogens is 2. The van der Waals surface area contributed by atoms with Crippen LogP contribution >= 0.6 is 23.2 Å². The van der Waals surface area contributed by atoms with E-state index in [0.717, 1.165) is 24.2 Å². The largest absolute Gasteiger partial charge is 0.268 e. The molecule has 2 aromatic rings. The number of aromatic amines is 1. The van der Waals surface area contributed by atoms with E-state index < -0.39 is 0 Å². The van der Waals surface area contributed by atoms with E-state index in [9.17, 15) is 4.79 Å². The summed E-state index contributed by atoms with van der Waals surface area (Å²) >= 11 is 12.1. The number of nitrogens with one attached hydrogen (secondary N) is 1. The lowest BCUT2D eigenvalue weighted by atomic mass is 10.2. The molecule has 0 bridgehead atoms. The molecular weight excluding hydrogens is 259 g/mol. The van der Waals surface area contributed by atoms with Crippen LogP contribution in [0.4, 0.5) is 0 Å². The minimum Gasteiger partial charge on any atom is -0.268 e. The zero-order valence-corrected chi connectivity index (χ0v) is 10.4. The van der Waals surface area contributed by atoms with E-state index >= 15 is 0 Å². The molecule has 1 aromatic heterocycles. The molecule has 0 spiro atoms. The van der Waals surface area contributed by atoms with Gasteiger partial charge in [-0.25, -0.2) is 0 Å². The highest BCUT2D eigenvalue weighted by Gasteiger charge is 2.28. The van der Waals surface area contributed by atoms with Crippen LogP contribution in [0.3, 0.4) is 0 Å². The van der Waals surface area contributed by atoms with Gasteiger partial charge in [-0.15, -0.1) is 0 Å². The second-order valence-electron chi connectivity index (χ2n) is 4.23. The molecule has 1 aromatic carbocycles. The second-order valence-corrected chi connectivity index (χ2v) is 5.01. The van der Waals surface area contributed by atoms with Gasteiger partial charge < -0.3 is 0 Å². The van der Waals surface area contributed by atoms with Gasteiger partial charge in [0.15, 0.2) is 0 Å². The molecule has 5 heteroatoms. The molecule has 17 heavy (non-hydrogen) atoms. The van der Waals surface area contributed by atoms with Crippen molar-refractivity contribution in [1.29, 1.82) is 0 Å². The summed E-state index contributed by atoms with van der Waals surface area (Å²) in [5.74, 6) is 0.462. The molecule has 3 rings (SSSR count). The van der Waals surface area contributed by atoms with E-state index in [4.69, 9.17) is 23.2 Å². The van der Waals surface area contributed by atoms with E-state index in [1.807, 2.05) is 12.1 Å². The topological polar surface area (TPSA) is 37.8 Å². The first kappa shape index (κ1) is 10.9. The molecule has 88 valence electrons. The van der Waals surface area contributed by atoms with Crippen molar-refractivity contribution in [2.45, 2.75) is 18.8 Å². The van der Waals surface area contributed by atoms with Crippen LogP contribution in [-0.4, -0.2) is 9.78 Å². The quantitative estimate of drug-likeness (QED) is 0.891. The first-order chi connectivity index (χ1) is 8.16. The number of rotatable bonds is 2. The second kappa shape index (κ2) is 3.93. The average Bonchev–Trinajstić information content (AvgIpc) is 3.06. The van der Waals surface area contributed by atoms with E-state index in [0.29, 0.717) is 16.0 Å². The molecule has 0 aliphatic heterocycles. The van der Waals surface area contributed by atoms with E-state index in [1.165, 1.54) is 0 Å². The highest BCUT2D eigenvalue weighted by atomic mass is 35.5. The SMILES string of the molecule is O=c1cc(C2CC2)n(-c2cccc(Cl)c2Cl)[nH]1. The monoisotopic (exact) mass is 268 g/mol. The van der Waals surface area contributed by atoms with Crippen LogP contribution in [-0.2, 0) is 0 Å². The van der Waals surface area contributed by atoms with Crippen LogP contribution in [0, 0.1) is 0 Å². The van der Waals surface area contributed by atoms with Crippen LogP contribution in [0.25, 0.3) is 5.69 Å². The van der Waals surface area contributed by atoms with Gasteiger partial charge in [0.1, 0.15) is 0 Å². The van der Waals surface area contributed by atoms with Crippen molar-refractivity contribution in [2.75, 3.05) is 0 Å². The highest BCUT2D eigenvalue weighted by molar-refractivity contribution is 6.43. The lowest BCUT2D eigenvalue weighted by Gasteiger charge is -2.10. The van der Waals surface area contributed by atoms with Crippen molar-refractivity contribution in [1.82, 2.24) is 9.78 Å². The van der Waals surface area contributed by atoms with Gasteiger partial charge in [0, 0.05) is 17.7 Å². The molecule has 0 unspecified atom stereocenters. The highest BCUT2D eigenvalue weighted by Crippen LogP contribution is 2.41. The lowest BCUT2D eigenvalue weighted by molar-refractivity contribution is 0.800. The summed E-state index contributed by atoms with van der Waals surface area (Å²) in [7, 11) is 0. The Morgan fingerprint density at radius 3 is 2.76 bits per heavy atom. The maximum atomic E-state index is 11.5. The Balaban J connectivity index is 2.20. The third kappa shape index (κ3) is 1.90. The van der Waals surface area contributed by atoms with Gasteiger partial charge in [-0.3, -0.25) is 14.6 Å². The molecule has 0 atom stereocenters. The number of benzene rings is 1. The van der Waals surface area contributed by atoms with E-state index in [1.54, 1.807) is 16.8 Å². The summed E-state index contributed by atoms with van der Waals surface area (Å²) < 4.78 is 1.74. The van der Waals surface area contributed by atoms with E-state index in [2.05, 4.69) is 5.10 Å². The normalized spacial score (nSPS) is 15.2. The number of hydrogen-bond acceptors (Lipinski definition) is 1. The molecule has 1 aliphatic rings. The van der Waals surface area contributed by atoms with Crippen molar-refractivity contribution in [3.05, 3.63) is 50.4 Å². The standard InChI is InChI=1S/C12H10Cl2N2O/c13-8-2-1-3-9(12(8)14)16-10(7-4-5-7)6-11(17)15-16/h1-3,6-7H,4-5H2,(H,15,17). The van der Waals surface area contributed by atoms with Crippen LogP contribution in [0.5, 0.6) is 0 Å². The Bertz CT molecular complexity index is 626. The van der Waals surface area contributed by atoms with Crippen molar-refractivity contribution < 1.29 is 0 Å². The molecule has 1 aliphatic carbocycles. The fourth-order valence-corrected chi connectivity index (χ4v) is 2.33. The van der Waals surface area contributed by atoms with Gasteiger partial charge in [0.25, 0.3) is 5.56 Å². The Labute approximate surface area is 108 Å². The van der Waals surface area contributed by atoms with Gasteiger partial charge in [-0.1, -0.05) is 29.3 Å². The minimum atomic E-state index is -0.108. The van der Waals surface area contributed by atoms with Gasteiger partial charge in [-0.05, 0) is 25.0 Å². The number of hydrogen-bond donors (Lipinski definition) is 1. The van der Waals surface area contributed by atoms with Crippen molar-refractivity contribution in [2.24, 2.45) is 0 Å². The Morgan fingerprint density at radius 2 is 2.06 bits per heavy atom. The molecule has 0 radical (unpaired) electrons. The maximum Gasteiger partial charge on any atom is 0.264 e. The molecule has 0 amide bonds. The molecule has 1 saturated carbocycles. The zero-order chi connectivity index (χ0) is 12.0. The van der Waals surface area contributed by atoms with E-state index in [-0.39, 0.29) is 5.56 Å². The summed E-state index contributed by atoms with van der Waals surface area (Å²) in [4.78, 5) is 11.5. The molecule has 1 heterocycles. The molecular formula is C12H10Cl2N2O. The van der Waals surface area contributed by atoms with Crippen molar-refractivity contribution >= 4 is 23.2 Å². The Morgan fingerprint density at radius 1 is 1.29 bits per heavy atom. The summed E-state index contributed by atoms with van der Waals surface area (Å²) in [6.45, 7) is 0. The number of H-pyrrole nitrogens is 1. The van der Waals surface area contributed by atoms with Crippen molar-refractivity contribution in [3.63, 3.8) is 0 Å². The van der Waals surface area contributed by atoms with Gasteiger partial charge >= 0.3 is 0 Å². The molecule has 0 saturated heterocycles. The van der Waals surface area contributed by atoms with Gasteiger partial charge in [-0.2, -0.15) is 0 Å². The molecule has 3 nitrogen and oxygen atoms in total. The summed E-state index contributed by atoms with van der Waals surface area (Å²) in [6.07, 6.45) is 2.24. The predicted molar refractivity (Wildman–Crippen MR) is 68.4 cm³/mol. The molecule has 1 fully saturated rings. The summed E-state index contributed by atoms with van der Waals surface area (Å²) in [5, 5.41) is 3.72. The Kier molecular flexibility index (Phi) is 2.53. The average molecular weight is 269 g/mol. The minimum absolute atomic E-state index is 0.108. The predicted octanol–water partition coefficient (Wildman–Crippen LogP) is 3.35. The van der Waals surface area contributed by atoms with Crippen LogP contribution < -0.4 is 5.56 Å². The van der Waals surface area contributed by atoms with Crippen LogP contribution in [0.2, 0.25) is 10.0 Å². The lowest BCUT2D eigenvalue weighted by Crippen LogP contribution is -2.05. The van der Waals surface area contributed by atoms with Gasteiger partial charge in [0.2, 0.25) is 0 Å². The smallest absolute Gasteiger partial charge is 0.264 e. The number of aromatic nitrogens is 2. The summed E-state index contributed by atoms with van der Waals surface area (Å²) in [6, 6.07) is 7.02. The fourth-order valence-electron chi connectivity index (χ4n) is 1.95. The third-order valence-corrected chi connectivity index (χ3v) is 3.74. The fraction of sp³-hybridized carbons (Fsp3) is 0.250. The molecule has 1 N–H and O–H groups in total. The summed E-state index contributed by atoms with van der Waals surface area (Å²) in [5.41, 5.74) is 1.60. The van der Waals surface area contributed by atoms with Crippen LogP contribution in [0.15, 0.2) is 29.1 Å².